The fraction of sp³-hybridized carbons (Fsp3) is 0.677. The molecule has 3 N–H and O–H groups in total. The zero-order chi connectivity index (χ0) is 55.0. The van der Waals surface area contributed by atoms with Gasteiger partial charge in [0, 0.05) is 6.42 Å². The monoisotopic (exact) mass is 1060 g/mol. The molecule has 0 heterocycles. The molecule has 0 saturated carbocycles. The highest BCUT2D eigenvalue weighted by Gasteiger charge is 2.29. The van der Waals surface area contributed by atoms with Gasteiger partial charge in [-0.25, -0.2) is 0 Å². The Kier molecular flexibility index (Phi) is 52.0. The summed E-state index contributed by atoms with van der Waals surface area (Å²) in [4.78, 5) is 25.5. The minimum absolute atomic E-state index is 0.0518. The van der Waals surface area contributed by atoms with Crippen LogP contribution >= 0.6 is 7.82 Å². The third-order valence-electron chi connectivity index (χ3n) is 12.8. The summed E-state index contributed by atoms with van der Waals surface area (Å²) >= 11 is 0. The predicted octanol–water partition coefficient (Wildman–Crippen LogP) is 16.9. The van der Waals surface area contributed by atoms with Crippen molar-refractivity contribution < 1.29 is 38.0 Å². The van der Waals surface area contributed by atoms with Crippen LogP contribution in [0.1, 0.15) is 226 Å². The highest BCUT2D eigenvalue weighted by molar-refractivity contribution is 7.45. The highest BCUT2D eigenvalue weighted by Crippen LogP contribution is 2.38. The van der Waals surface area contributed by atoms with E-state index in [4.69, 9.17) is 9.05 Å². The van der Waals surface area contributed by atoms with Gasteiger partial charge in [-0.15, -0.1) is 0 Å². The van der Waals surface area contributed by atoms with Crippen molar-refractivity contribution in [3.8, 4) is 0 Å². The SMILES string of the molecule is CC/C=C\C/C=C\C/C=C\C/C=C\C/C=C\C/C=C\C/C=C\C/C=C\C/C=C\CCCCCCCCCCCCCC(=O)NC(COP(=O)([O-])OCC[N+](C)(C)C)C(O)C(O)CCC/C=C/CCCCCCCCC. The lowest BCUT2D eigenvalue weighted by molar-refractivity contribution is -0.870. The molecule has 0 aliphatic rings. The smallest absolute Gasteiger partial charge is 0.268 e. The molecule has 9 nitrogen and oxygen atoms in total. The van der Waals surface area contributed by atoms with E-state index in [1.54, 1.807) is 0 Å². The van der Waals surface area contributed by atoms with Gasteiger partial charge in [0.15, 0.2) is 0 Å². The van der Waals surface area contributed by atoms with Crippen LogP contribution in [0.25, 0.3) is 0 Å². The third-order valence-corrected chi connectivity index (χ3v) is 13.7. The van der Waals surface area contributed by atoms with E-state index in [1.807, 2.05) is 21.1 Å². The van der Waals surface area contributed by atoms with Gasteiger partial charge in [0.2, 0.25) is 5.91 Å². The molecule has 0 spiro atoms. The Morgan fingerprint density at radius 1 is 0.493 bits per heavy atom. The molecular formula is C65H113N2O7P. The minimum Gasteiger partial charge on any atom is -0.756 e. The number of phosphoric ester groups is 1. The van der Waals surface area contributed by atoms with Gasteiger partial charge in [-0.1, -0.05) is 232 Å². The lowest BCUT2D eigenvalue weighted by Crippen LogP contribution is -2.51. The Balaban J connectivity index is 4.14. The summed E-state index contributed by atoms with van der Waals surface area (Å²) in [7, 11) is 1.09. The first-order valence-electron chi connectivity index (χ1n) is 30.0. The number of amides is 1. The summed E-state index contributed by atoms with van der Waals surface area (Å²) in [5.41, 5.74) is 0. The molecule has 0 fully saturated rings. The first-order valence-corrected chi connectivity index (χ1v) is 31.4. The first kappa shape index (κ1) is 71.9. The van der Waals surface area contributed by atoms with Crippen LogP contribution in [-0.2, 0) is 18.4 Å². The van der Waals surface area contributed by atoms with Crippen LogP contribution in [0.4, 0.5) is 0 Å². The molecule has 75 heavy (non-hydrogen) atoms. The van der Waals surface area contributed by atoms with E-state index < -0.39 is 32.7 Å². The number of nitrogens with one attached hydrogen (secondary N) is 1. The number of hydrogen-bond donors (Lipinski definition) is 3. The number of rotatable bonds is 53. The van der Waals surface area contributed by atoms with Gasteiger partial charge in [0.25, 0.3) is 7.82 Å². The van der Waals surface area contributed by atoms with Crippen LogP contribution in [-0.4, -0.2) is 79.8 Å². The predicted molar refractivity (Wildman–Crippen MR) is 321 cm³/mol. The van der Waals surface area contributed by atoms with E-state index in [0.29, 0.717) is 30.3 Å². The van der Waals surface area contributed by atoms with E-state index >= 15 is 0 Å². The molecule has 4 unspecified atom stereocenters. The largest absolute Gasteiger partial charge is 0.756 e. The maximum atomic E-state index is 13.0. The van der Waals surface area contributed by atoms with Gasteiger partial charge in [0.05, 0.1) is 39.9 Å². The molecule has 10 heteroatoms. The average Bonchev–Trinajstić information content (AvgIpc) is 3.37. The molecule has 0 aliphatic carbocycles. The number of quaternary nitrogens is 1. The van der Waals surface area contributed by atoms with Crippen molar-refractivity contribution in [1.82, 2.24) is 5.32 Å². The van der Waals surface area contributed by atoms with Crippen molar-refractivity contribution in [2.75, 3.05) is 40.9 Å². The second-order valence-corrected chi connectivity index (χ2v) is 22.5. The Hall–Kier alpha value is -3.14. The maximum Gasteiger partial charge on any atom is 0.268 e. The number of allylic oxidation sites excluding steroid dienone is 20. The number of carbonyl (C=O) groups excluding carboxylic acids is 1. The Bertz CT molecular complexity index is 1650. The number of likely N-dealkylation sites (N-methyl/N-ethyl adjacent to an activating group) is 1. The Labute approximate surface area is 461 Å². The van der Waals surface area contributed by atoms with Gasteiger partial charge < -0.3 is 34.0 Å². The number of aliphatic hydroxyl groups excluding tert-OH is 2. The second-order valence-electron chi connectivity index (χ2n) is 21.1. The lowest BCUT2D eigenvalue weighted by atomic mass is 10.0. The zero-order valence-corrected chi connectivity index (χ0v) is 49.5. The minimum atomic E-state index is -4.69. The number of nitrogens with zero attached hydrogens (tertiary/aromatic N) is 1. The van der Waals surface area contributed by atoms with Crippen LogP contribution in [0.5, 0.6) is 0 Å². The number of carbonyl (C=O) groups is 1. The number of aliphatic hydroxyl groups is 2. The first-order chi connectivity index (χ1) is 36.4. The zero-order valence-electron chi connectivity index (χ0n) is 48.6. The van der Waals surface area contributed by atoms with Gasteiger partial charge in [-0.3, -0.25) is 9.36 Å². The topological polar surface area (TPSA) is 128 Å². The summed E-state index contributed by atoms with van der Waals surface area (Å²) in [6.45, 7) is 4.28. The van der Waals surface area contributed by atoms with Crippen LogP contribution in [0, 0.1) is 0 Å². The summed E-state index contributed by atoms with van der Waals surface area (Å²) in [6.07, 6.45) is 77.0. The van der Waals surface area contributed by atoms with Gasteiger partial charge in [-0.05, 0) is 109 Å². The molecule has 4 atom stereocenters. The fourth-order valence-corrected chi connectivity index (χ4v) is 8.79. The molecule has 430 valence electrons. The van der Waals surface area contributed by atoms with E-state index in [2.05, 4.69) is 141 Å². The van der Waals surface area contributed by atoms with Crippen molar-refractivity contribution in [3.63, 3.8) is 0 Å². The number of phosphoric acid groups is 1. The van der Waals surface area contributed by atoms with Crippen molar-refractivity contribution in [3.05, 3.63) is 122 Å². The van der Waals surface area contributed by atoms with E-state index in [9.17, 15) is 24.5 Å². The third kappa shape index (κ3) is 55.4. The summed E-state index contributed by atoms with van der Waals surface area (Å²) in [5, 5.41) is 24.7. The molecular weight excluding hydrogens is 952 g/mol. The van der Waals surface area contributed by atoms with Crippen molar-refractivity contribution >= 4 is 13.7 Å². The van der Waals surface area contributed by atoms with Gasteiger partial charge in [0.1, 0.15) is 19.3 Å². The molecule has 0 aromatic carbocycles. The van der Waals surface area contributed by atoms with E-state index in [0.717, 1.165) is 96.3 Å². The Morgan fingerprint density at radius 2 is 0.840 bits per heavy atom. The Morgan fingerprint density at radius 3 is 1.24 bits per heavy atom. The maximum absolute atomic E-state index is 13.0. The normalized spacial score (nSPS) is 15.1. The fourth-order valence-electron chi connectivity index (χ4n) is 8.07. The van der Waals surface area contributed by atoms with E-state index in [1.165, 1.54) is 89.9 Å². The quantitative estimate of drug-likeness (QED) is 0.0240. The highest BCUT2D eigenvalue weighted by atomic mass is 31.2. The lowest BCUT2D eigenvalue weighted by Gasteiger charge is -2.31. The standard InChI is InChI=1S/C65H113N2O7P/c1-6-8-10-12-14-16-18-20-21-22-23-24-25-26-27-28-29-30-31-32-33-34-35-36-37-38-39-40-41-42-43-44-45-46-48-50-52-54-56-58-64(69)66-62(61-74-75(71,72)73-60-59-67(3,4)5)65(70)63(68)57-55-53-51-49-47-19-17-15-13-11-9-7-2/h8,10,14,16,20-21,23-24,26-27,29-30,32-33,35-36,38-39,49,51,62-63,65,68,70H,6-7,9,11-13,15,17-19,22,25,28,31,34,37,40-48,50,52-61H2,1-5H3,(H-,66,69,71,72)/b10-8-,16-14-,21-20-,24-23-,27-26-,30-29-,33-32-,36-35-,39-38-,51-49+. The van der Waals surface area contributed by atoms with Crippen molar-refractivity contribution in [2.45, 2.75) is 244 Å². The van der Waals surface area contributed by atoms with Crippen LogP contribution in [0.2, 0.25) is 0 Å². The molecule has 0 bridgehead atoms. The molecule has 0 saturated heterocycles. The van der Waals surface area contributed by atoms with Crippen LogP contribution in [0.3, 0.4) is 0 Å². The molecule has 0 aliphatic heterocycles. The van der Waals surface area contributed by atoms with Gasteiger partial charge >= 0.3 is 0 Å². The van der Waals surface area contributed by atoms with Crippen LogP contribution < -0.4 is 10.2 Å². The summed E-state index contributed by atoms with van der Waals surface area (Å²) in [6, 6.07) is -1.10. The second kappa shape index (κ2) is 54.2. The van der Waals surface area contributed by atoms with Crippen LogP contribution in [0.15, 0.2) is 122 Å². The van der Waals surface area contributed by atoms with Gasteiger partial charge in [-0.2, -0.15) is 0 Å². The summed E-state index contributed by atoms with van der Waals surface area (Å²) < 4.78 is 23.2. The number of unbranched alkanes of at least 4 members (excludes halogenated alkanes) is 19. The van der Waals surface area contributed by atoms with Crippen molar-refractivity contribution in [2.24, 2.45) is 0 Å². The average molecular weight is 1070 g/mol. The molecule has 0 rings (SSSR count). The van der Waals surface area contributed by atoms with Crippen molar-refractivity contribution in [1.29, 1.82) is 0 Å². The molecule has 0 aromatic rings. The molecule has 0 aromatic heterocycles. The summed E-state index contributed by atoms with van der Waals surface area (Å²) in [5.74, 6) is -0.297. The molecule has 0 radical (unpaired) electrons. The van der Waals surface area contributed by atoms with E-state index in [-0.39, 0.29) is 18.9 Å². The molecule has 1 amide bonds. The number of hydrogen-bond acceptors (Lipinski definition) is 7.